The van der Waals surface area contributed by atoms with Crippen molar-refractivity contribution < 1.29 is 4.74 Å². The molecule has 60 valence electrons. The maximum atomic E-state index is 5.33. The van der Waals surface area contributed by atoms with Crippen molar-refractivity contribution in [3.05, 3.63) is 48.0 Å². The molecule has 0 fully saturated rings. The highest BCUT2D eigenvalue weighted by Gasteiger charge is 2.25. The largest absolute Gasteiger partial charge is 0.445 e. The molecule has 0 saturated carbocycles. The number of ether oxygens (including phenoxy) is 1. The van der Waals surface area contributed by atoms with Crippen LogP contribution in [-0.2, 0) is 4.74 Å². The molecule has 1 N–H and O–H groups in total. The van der Waals surface area contributed by atoms with E-state index < -0.39 is 0 Å². The number of hydrogen-bond donors (Lipinski definition) is 1. The number of nitrogens with zero attached hydrogens (tertiary/aromatic N) is 1. The van der Waals surface area contributed by atoms with Crippen LogP contribution in [0.15, 0.2) is 48.0 Å². The van der Waals surface area contributed by atoms with Gasteiger partial charge >= 0.3 is 0 Å². The summed E-state index contributed by atoms with van der Waals surface area (Å²) in [6.45, 7) is 0.875. The van der Waals surface area contributed by atoms with Crippen LogP contribution < -0.4 is 5.32 Å². The van der Waals surface area contributed by atoms with E-state index in [1.807, 2.05) is 18.4 Å². The third-order valence-corrected chi connectivity index (χ3v) is 2.11. The first kappa shape index (κ1) is 5.94. The molecule has 3 rings (SSSR count). The Hall–Kier alpha value is -1.64. The molecule has 3 heterocycles. The molecule has 12 heavy (non-hydrogen) atoms. The Kier molecular flexibility index (Phi) is 0.961. The Morgan fingerprint density at radius 3 is 3.50 bits per heavy atom. The average Bonchev–Trinajstić information content (AvgIpc) is 2.53. The van der Waals surface area contributed by atoms with Gasteiger partial charge < -0.3 is 15.0 Å². The zero-order valence-electron chi connectivity index (χ0n) is 6.45. The second kappa shape index (κ2) is 1.94. The summed E-state index contributed by atoms with van der Waals surface area (Å²) < 4.78 is 5.33. The summed E-state index contributed by atoms with van der Waals surface area (Å²) in [5.41, 5.74) is 2.26. The lowest BCUT2D eigenvalue weighted by Crippen LogP contribution is -2.33. The van der Waals surface area contributed by atoms with Gasteiger partial charge in [-0.15, -0.1) is 0 Å². The fourth-order valence-electron chi connectivity index (χ4n) is 1.56. The summed E-state index contributed by atoms with van der Waals surface area (Å²) in [7, 11) is 0. The Morgan fingerprint density at radius 1 is 1.50 bits per heavy atom. The van der Waals surface area contributed by atoms with Gasteiger partial charge in [-0.2, -0.15) is 0 Å². The molecule has 0 saturated heterocycles. The Labute approximate surface area is 70.3 Å². The molecule has 0 aromatic heterocycles. The predicted molar refractivity (Wildman–Crippen MR) is 44.3 cm³/mol. The maximum absolute atomic E-state index is 5.33. The Balaban J connectivity index is 2.15. The minimum atomic E-state index is 0.875. The van der Waals surface area contributed by atoms with Crippen molar-refractivity contribution in [1.29, 1.82) is 0 Å². The minimum Gasteiger partial charge on any atom is -0.445 e. The van der Waals surface area contributed by atoms with Crippen LogP contribution in [0.3, 0.4) is 0 Å². The van der Waals surface area contributed by atoms with Gasteiger partial charge in [-0.3, -0.25) is 0 Å². The molecule has 3 heteroatoms. The monoisotopic (exact) mass is 160 g/mol. The minimum absolute atomic E-state index is 0.875. The predicted octanol–water partition coefficient (Wildman–Crippen LogP) is 1.02. The number of dihydropyridines is 1. The SMILES string of the molecule is C1=CC2=C3OC=CN3CC(=C1)N2. The summed E-state index contributed by atoms with van der Waals surface area (Å²) in [6, 6.07) is 0. The maximum Gasteiger partial charge on any atom is 0.223 e. The molecular formula is C9H8N2O. The highest BCUT2D eigenvalue weighted by molar-refractivity contribution is 5.38. The lowest BCUT2D eigenvalue weighted by atomic mass is 10.2. The Morgan fingerprint density at radius 2 is 2.50 bits per heavy atom. The lowest BCUT2D eigenvalue weighted by molar-refractivity contribution is 0.262. The Bertz CT molecular complexity index is 350. The molecule has 0 amide bonds. The lowest BCUT2D eigenvalue weighted by Gasteiger charge is -2.28. The molecule has 3 aliphatic heterocycles. The van der Waals surface area contributed by atoms with Crippen molar-refractivity contribution >= 4 is 0 Å². The summed E-state index contributed by atoms with van der Waals surface area (Å²) in [4.78, 5) is 2.08. The number of fused-ring (bicyclic) bond motifs is 3. The molecule has 0 aromatic rings. The molecule has 3 aliphatic rings. The van der Waals surface area contributed by atoms with Gasteiger partial charge in [0.1, 0.15) is 12.0 Å². The number of nitrogens with one attached hydrogen (secondary N) is 1. The molecule has 0 aromatic carbocycles. The van der Waals surface area contributed by atoms with Gasteiger partial charge in [0.2, 0.25) is 5.88 Å². The molecule has 0 unspecified atom stereocenters. The molecule has 0 radical (unpaired) electrons. The molecule has 2 bridgehead atoms. The van der Waals surface area contributed by atoms with E-state index in [-0.39, 0.29) is 0 Å². The summed E-state index contributed by atoms with van der Waals surface area (Å²) >= 11 is 0. The quantitative estimate of drug-likeness (QED) is 0.572. The molecule has 0 aliphatic carbocycles. The van der Waals surface area contributed by atoms with E-state index in [2.05, 4.69) is 16.3 Å². The van der Waals surface area contributed by atoms with E-state index in [0.717, 1.165) is 18.1 Å². The molecule has 3 nitrogen and oxygen atoms in total. The fraction of sp³-hybridized carbons (Fsp3) is 0.111. The van der Waals surface area contributed by atoms with E-state index >= 15 is 0 Å². The van der Waals surface area contributed by atoms with Gasteiger partial charge in [-0.25, -0.2) is 0 Å². The van der Waals surface area contributed by atoms with Crippen molar-refractivity contribution in [3.8, 4) is 0 Å². The van der Waals surface area contributed by atoms with E-state index in [9.17, 15) is 0 Å². The van der Waals surface area contributed by atoms with Crippen molar-refractivity contribution in [1.82, 2.24) is 10.2 Å². The summed E-state index contributed by atoms with van der Waals surface area (Å²) in [6.07, 6.45) is 9.78. The third-order valence-electron chi connectivity index (χ3n) is 2.11. The van der Waals surface area contributed by atoms with Gasteiger partial charge in [0, 0.05) is 11.9 Å². The van der Waals surface area contributed by atoms with E-state index in [0.29, 0.717) is 0 Å². The topological polar surface area (TPSA) is 24.5 Å². The highest BCUT2D eigenvalue weighted by Crippen LogP contribution is 2.26. The zero-order chi connectivity index (χ0) is 7.97. The third kappa shape index (κ3) is 0.652. The van der Waals surface area contributed by atoms with Crippen LogP contribution in [0.1, 0.15) is 0 Å². The fourth-order valence-corrected chi connectivity index (χ4v) is 1.56. The average molecular weight is 160 g/mol. The molecule has 0 spiro atoms. The van der Waals surface area contributed by atoms with Crippen LogP contribution in [0.2, 0.25) is 0 Å². The number of hydrogen-bond acceptors (Lipinski definition) is 3. The van der Waals surface area contributed by atoms with Crippen LogP contribution in [-0.4, -0.2) is 11.4 Å². The smallest absolute Gasteiger partial charge is 0.223 e. The standard InChI is InChI=1S/C9H8N2O/c1-2-7-6-11-4-5-12-9(11)8(3-1)10-7/h1-5,10H,6H2. The van der Waals surface area contributed by atoms with Gasteiger partial charge in [-0.05, 0) is 12.2 Å². The van der Waals surface area contributed by atoms with Crippen molar-refractivity contribution in [2.24, 2.45) is 0 Å². The van der Waals surface area contributed by atoms with Gasteiger partial charge in [-0.1, -0.05) is 6.08 Å². The van der Waals surface area contributed by atoms with Gasteiger partial charge in [0.15, 0.2) is 0 Å². The van der Waals surface area contributed by atoms with Crippen LogP contribution in [0.5, 0.6) is 0 Å². The van der Waals surface area contributed by atoms with Crippen LogP contribution in [0, 0.1) is 0 Å². The van der Waals surface area contributed by atoms with Crippen molar-refractivity contribution in [2.45, 2.75) is 0 Å². The first-order valence-electron chi connectivity index (χ1n) is 3.92. The first-order valence-corrected chi connectivity index (χ1v) is 3.92. The number of allylic oxidation sites excluding steroid dienone is 3. The normalized spacial score (nSPS) is 23.3. The summed E-state index contributed by atoms with van der Waals surface area (Å²) in [5, 5.41) is 3.27. The van der Waals surface area contributed by atoms with Crippen molar-refractivity contribution in [3.63, 3.8) is 0 Å². The van der Waals surface area contributed by atoms with Crippen LogP contribution in [0.25, 0.3) is 0 Å². The van der Waals surface area contributed by atoms with Crippen molar-refractivity contribution in [2.75, 3.05) is 6.54 Å². The van der Waals surface area contributed by atoms with Gasteiger partial charge in [0.05, 0.1) is 6.54 Å². The second-order valence-corrected chi connectivity index (χ2v) is 2.93. The molecular weight excluding hydrogens is 152 g/mol. The van der Waals surface area contributed by atoms with Gasteiger partial charge in [0.25, 0.3) is 0 Å². The zero-order valence-corrected chi connectivity index (χ0v) is 6.45. The summed E-state index contributed by atoms with van der Waals surface area (Å²) in [5.74, 6) is 0.906. The number of rotatable bonds is 0. The second-order valence-electron chi connectivity index (χ2n) is 2.93. The first-order chi connectivity index (χ1) is 5.93. The molecule has 0 atom stereocenters. The van der Waals surface area contributed by atoms with E-state index in [1.54, 1.807) is 6.26 Å². The van der Waals surface area contributed by atoms with E-state index in [1.165, 1.54) is 5.70 Å². The van der Waals surface area contributed by atoms with Crippen LogP contribution in [0.4, 0.5) is 0 Å². The van der Waals surface area contributed by atoms with Crippen LogP contribution >= 0.6 is 0 Å². The highest BCUT2D eigenvalue weighted by atomic mass is 16.5. The van der Waals surface area contributed by atoms with E-state index in [4.69, 9.17) is 4.74 Å².